The smallest absolute Gasteiger partial charge is 0.410 e. The highest BCUT2D eigenvalue weighted by Crippen LogP contribution is 2.39. The summed E-state index contributed by atoms with van der Waals surface area (Å²) in [6, 6.07) is 3.85. The first-order valence-electron chi connectivity index (χ1n) is 13.5. The molecule has 1 aromatic carbocycles. The van der Waals surface area contributed by atoms with Gasteiger partial charge in [-0.15, -0.1) is 0 Å². The van der Waals surface area contributed by atoms with Crippen LogP contribution in [-0.2, 0) is 16.5 Å². The number of nitrogens with zero attached hydrogens (tertiary/aromatic N) is 7. The van der Waals surface area contributed by atoms with Crippen LogP contribution in [0.1, 0.15) is 32.8 Å². The van der Waals surface area contributed by atoms with Crippen molar-refractivity contribution in [3.05, 3.63) is 30.1 Å². The fourth-order valence-corrected chi connectivity index (χ4v) is 5.08. The number of fused-ring (bicyclic) bond motifs is 2. The summed E-state index contributed by atoms with van der Waals surface area (Å²) >= 11 is 0. The molecule has 1 atom stereocenters. The van der Waals surface area contributed by atoms with E-state index in [4.69, 9.17) is 28.9 Å². The first-order valence-corrected chi connectivity index (χ1v) is 13.5. The predicted molar refractivity (Wildman–Crippen MR) is 155 cm³/mol. The molecule has 0 N–H and O–H groups in total. The normalized spacial score (nSPS) is 15.5. The number of hydrogen-bond acceptors (Lipinski definition) is 10. The van der Waals surface area contributed by atoms with Gasteiger partial charge in [-0.05, 0) is 40.2 Å². The highest BCUT2D eigenvalue weighted by Gasteiger charge is 2.32. The summed E-state index contributed by atoms with van der Waals surface area (Å²) in [7, 11) is 6.85. The fraction of sp³-hybridized carbons (Fsp3) is 0.483. The molecule has 1 saturated heterocycles. The van der Waals surface area contributed by atoms with Gasteiger partial charge in [0.2, 0.25) is 0 Å². The third-order valence-electron chi connectivity index (χ3n) is 7.10. The number of methoxy groups -OCH3 is 2. The van der Waals surface area contributed by atoms with Crippen LogP contribution in [0.25, 0.3) is 33.3 Å². The summed E-state index contributed by atoms with van der Waals surface area (Å²) in [5, 5.41) is 5.55. The Labute approximate surface area is 239 Å². The summed E-state index contributed by atoms with van der Waals surface area (Å²) in [6.07, 6.45) is 4.14. The van der Waals surface area contributed by atoms with Crippen molar-refractivity contribution >= 4 is 34.0 Å². The third kappa shape index (κ3) is 5.69. The van der Waals surface area contributed by atoms with Crippen molar-refractivity contribution in [1.82, 2.24) is 29.6 Å². The minimum absolute atomic E-state index is 0.000831. The molecule has 12 nitrogen and oxygen atoms in total. The highest BCUT2D eigenvalue weighted by atomic mass is 16.7. The molecule has 4 heterocycles. The van der Waals surface area contributed by atoms with Gasteiger partial charge in [0.1, 0.15) is 17.2 Å². The van der Waals surface area contributed by atoms with Crippen molar-refractivity contribution in [3.63, 3.8) is 0 Å². The number of hydrogen-bond donors (Lipinski definition) is 0. The lowest BCUT2D eigenvalue weighted by Crippen LogP contribution is -2.42. The second kappa shape index (κ2) is 11.0. The maximum Gasteiger partial charge on any atom is 0.410 e. The molecule has 1 amide bonds. The van der Waals surface area contributed by atoms with Gasteiger partial charge in [-0.1, -0.05) is 0 Å². The van der Waals surface area contributed by atoms with Crippen molar-refractivity contribution in [2.75, 3.05) is 46.0 Å². The molecule has 0 saturated carbocycles. The number of pyridine rings is 1. The largest absolute Gasteiger partial charge is 0.494 e. The molecule has 0 bridgehead atoms. The van der Waals surface area contributed by atoms with Crippen LogP contribution in [0.3, 0.4) is 0 Å². The van der Waals surface area contributed by atoms with E-state index in [-0.39, 0.29) is 18.9 Å². The Morgan fingerprint density at radius 1 is 1.17 bits per heavy atom. The van der Waals surface area contributed by atoms with Crippen LogP contribution < -0.4 is 14.4 Å². The molecule has 41 heavy (non-hydrogen) atoms. The molecule has 1 aliphatic heterocycles. The SMILES string of the molecule is COCOc1c(-c2cc(OC)c3nc(N4CCC(N(C)C(=O)OC(C)(C)C)C4)cnc3n2)cc2cn(C)nc2c1C. The van der Waals surface area contributed by atoms with Crippen LogP contribution in [0.5, 0.6) is 11.5 Å². The molecule has 12 heteroatoms. The van der Waals surface area contributed by atoms with Gasteiger partial charge in [0, 0.05) is 63.1 Å². The molecule has 1 aliphatic rings. The number of carbonyl (C=O) groups is 1. The molecule has 0 radical (unpaired) electrons. The van der Waals surface area contributed by atoms with E-state index >= 15 is 0 Å². The lowest BCUT2D eigenvalue weighted by atomic mass is 10.0. The van der Waals surface area contributed by atoms with Crippen LogP contribution in [0, 0.1) is 6.92 Å². The number of ether oxygens (including phenoxy) is 4. The fourth-order valence-electron chi connectivity index (χ4n) is 5.08. The van der Waals surface area contributed by atoms with Gasteiger partial charge in [-0.2, -0.15) is 5.10 Å². The first-order chi connectivity index (χ1) is 19.5. The average molecular weight is 564 g/mol. The summed E-state index contributed by atoms with van der Waals surface area (Å²) in [5.41, 5.74) is 3.60. The zero-order chi connectivity index (χ0) is 29.5. The first kappa shape index (κ1) is 28.3. The molecule has 0 aliphatic carbocycles. The van der Waals surface area contributed by atoms with Crippen molar-refractivity contribution in [3.8, 4) is 22.8 Å². The second-order valence-corrected chi connectivity index (χ2v) is 11.3. The quantitative estimate of drug-likeness (QED) is 0.301. The van der Waals surface area contributed by atoms with Gasteiger partial charge in [0.25, 0.3) is 0 Å². The summed E-state index contributed by atoms with van der Waals surface area (Å²) in [5.74, 6) is 1.87. The van der Waals surface area contributed by atoms with E-state index in [0.717, 1.165) is 35.0 Å². The topological polar surface area (TPSA) is 117 Å². The third-order valence-corrected chi connectivity index (χ3v) is 7.10. The van der Waals surface area contributed by atoms with Crippen molar-refractivity contribution in [1.29, 1.82) is 0 Å². The standard InChI is InChI=1S/C29H37N7O5/c1-17-24-18(14-34(5)33-24)11-20(26(17)40-16-38-7)21-12-22(39-8)25-27(31-21)30-13-23(32-25)36-10-9-19(15-36)35(6)28(37)41-29(2,3)4/h11-14,19H,9-10,15-16H2,1-8H3. The van der Waals surface area contributed by atoms with E-state index < -0.39 is 5.60 Å². The lowest BCUT2D eigenvalue weighted by molar-refractivity contribution is 0.0237. The molecule has 1 unspecified atom stereocenters. The Hall–Kier alpha value is -4.19. The van der Waals surface area contributed by atoms with Crippen LogP contribution in [0.15, 0.2) is 24.5 Å². The number of carbonyl (C=O) groups excluding carboxylic acids is 1. The van der Waals surface area contributed by atoms with Gasteiger partial charge in [-0.25, -0.2) is 19.7 Å². The number of benzene rings is 1. The second-order valence-electron chi connectivity index (χ2n) is 11.3. The monoisotopic (exact) mass is 563 g/mol. The molecular formula is C29H37N7O5. The van der Waals surface area contributed by atoms with Crippen molar-refractivity contribution < 1.29 is 23.7 Å². The van der Waals surface area contributed by atoms with Crippen LogP contribution in [0.2, 0.25) is 0 Å². The molecule has 3 aromatic heterocycles. The predicted octanol–water partition coefficient (Wildman–Crippen LogP) is 4.32. The minimum atomic E-state index is -0.547. The molecule has 218 valence electrons. The Morgan fingerprint density at radius 2 is 1.95 bits per heavy atom. The molecule has 4 aromatic rings. The molecular weight excluding hydrogens is 526 g/mol. The van der Waals surface area contributed by atoms with Crippen molar-refractivity contribution in [2.24, 2.45) is 7.05 Å². The van der Waals surface area contributed by atoms with Gasteiger partial charge >= 0.3 is 6.09 Å². The Balaban J connectivity index is 1.48. The minimum Gasteiger partial charge on any atom is -0.494 e. The molecule has 1 fully saturated rings. The van der Waals surface area contributed by atoms with E-state index in [2.05, 4.69) is 15.0 Å². The van der Waals surface area contributed by atoms with E-state index in [9.17, 15) is 4.79 Å². The van der Waals surface area contributed by atoms with E-state index in [1.165, 1.54) is 0 Å². The number of likely N-dealkylation sites (N-methyl/N-ethyl adjacent to an activating group) is 1. The Kier molecular flexibility index (Phi) is 7.60. The van der Waals surface area contributed by atoms with E-state index in [1.807, 2.05) is 53.1 Å². The zero-order valence-electron chi connectivity index (χ0n) is 24.9. The highest BCUT2D eigenvalue weighted by molar-refractivity contribution is 5.92. The van der Waals surface area contributed by atoms with Gasteiger partial charge < -0.3 is 28.7 Å². The van der Waals surface area contributed by atoms with E-state index in [0.29, 0.717) is 40.7 Å². The number of aromatic nitrogens is 5. The van der Waals surface area contributed by atoms with E-state index in [1.54, 1.807) is 37.0 Å². The zero-order valence-corrected chi connectivity index (χ0v) is 24.9. The van der Waals surface area contributed by atoms with Gasteiger partial charge in [0.15, 0.2) is 23.7 Å². The number of amides is 1. The summed E-state index contributed by atoms with van der Waals surface area (Å²) < 4.78 is 24.3. The summed E-state index contributed by atoms with van der Waals surface area (Å²) in [4.78, 5) is 30.8. The van der Waals surface area contributed by atoms with Crippen LogP contribution in [0.4, 0.5) is 10.6 Å². The Morgan fingerprint density at radius 3 is 2.66 bits per heavy atom. The van der Waals surface area contributed by atoms with Crippen molar-refractivity contribution in [2.45, 2.75) is 45.8 Å². The van der Waals surface area contributed by atoms with Crippen LogP contribution in [-0.4, -0.2) is 88.5 Å². The average Bonchev–Trinajstić information content (AvgIpc) is 3.57. The number of rotatable bonds is 7. The number of anilines is 1. The molecule has 5 rings (SSSR count). The Bertz CT molecular complexity index is 1600. The van der Waals surface area contributed by atoms with Crippen LogP contribution >= 0.6 is 0 Å². The maximum absolute atomic E-state index is 12.6. The lowest BCUT2D eigenvalue weighted by Gasteiger charge is -2.28. The number of aryl methyl sites for hydroxylation is 2. The van der Waals surface area contributed by atoms with Gasteiger partial charge in [-0.3, -0.25) is 4.68 Å². The van der Waals surface area contributed by atoms with Gasteiger partial charge in [0.05, 0.1) is 30.6 Å². The summed E-state index contributed by atoms with van der Waals surface area (Å²) in [6.45, 7) is 9.00. The maximum atomic E-state index is 12.6. The molecule has 0 spiro atoms.